The van der Waals surface area contributed by atoms with Crippen molar-refractivity contribution in [1.82, 2.24) is 4.57 Å². The Hall–Kier alpha value is -3.79. The number of hydrogen-bond donors (Lipinski definition) is 1. The zero-order valence-corrected chi connectivity index (χ0v) is 18.4. The van der Waals surface area contributed by atoms with Crippen molar-refractivity contribution in [2.24, 2.45) is 0 Å². The lowest BCUT2D eigenvalue weighted by atomic mass is 10.1. The first-order valence-corrected chi connectivity index (χ1v) is 10.4. The van der Waals surface area contributed by atoms with Gasteiger partial charge in [-0.15, -0.1) is 0 Å². The Kier molecular flexibility index (Phi) is 6.84. The van der Waals surface area contributed by atoms with Crippen LogP contribution in [0, 0.1) is 11.3 Å². The van der Waals surface area contributed by atoms with Gasteiger partial charge >= 0.3 is 11.9 Å². The highest BCUT2D eigenvalue weighted by molar-refractivity contribution is 5.90. The van der Waals surface area contributed by atoms with Crippen LogP contribution >= 0.6 is 0 Å². The van der Waals surface area contributed by atoms with E-state index in [1.54, 1.807) is 18.3 Å². The number of nitrogens with zero attached hydrogens (tertiary/aromatic N) is 2. The summed E-state index contributed by atoms with van der Waals surface area (Å²) in [5.74, 6) is -0.555. The number of carboxylic acid groups (broad SMARTS) is 1. The summed E-state index contributed by atoms with van der Waals surface area (Å²) in [6.07, 6.45) is 3.45. The minimum Gasteiger partial charge on any atom is -0.494 e. The fourth-order valence-electron chi connectivity index (χ4n) is 3.32. The van der Waals surface area contributed by atoms with Gasteiger partial charge in [0.25, 0.3) is 0 Å². The Morgan fingerprint density at radius 2 is 1.81 bits per heavy atom. The number of aromatic carboxylic acids is 1. The second-order valence-corrected chi connectivity index (χ2v) is 8.45. The summed E-state index contributed by atoms with van der Waals surface area (Å²) in [7, 11) is 0. The predicted molar refractivity (Wildman–Crippen MR) is 120 cm³/mol. The van der Waals surface area contributed by atoms with Crippen molar-refractivity contribution in [1.29, 1.82) is 5.26 Å². The first-order chi connectivity index (χ1) is 15.2. The molecule has 0 fully saturated rings. The molecule has 2 aromatic carbocycles. The van der Waals surface area contributed by atoms with Crippen LogP contribution in [0.25, 0.3) is 16.6 Å². The summed E-state index contributed by atoms with van der Waals surface area (Å²) in [5.41, 5.74) is 1.81. The van der Waals surface area contributed by atoms with Crippen LogP contribution in [0.1, 0.15) is 56.0 Å². The number of carboxylic acids is 1. The lowest BCUT2D eigenvalue weighted by Crippen LogP contribution is -2.23. The molecule has 1 N–H and O–H groups in total. The Morgan fingerprint density at radius 3 is 2.44 bits per heavy atom. The number of hydrogen-bond acceptors (Lipinski definition) is 5. The number of aromatic nitrogens is 1. The van der Waals surface area contributed by atoms with Crippen molar-refractivity contribution in [2.45, 2.75) is 45.6 Å². The average molecular weight is 434 g/mol. The highest BCUT2D eigenvalue weighted by Gasteiger charge is 2.16. The summed E-state index contributed by atoms with van der Waals surface area (Å²) in [4.78, 5) is 22.8. The molecule has 0 saturated carbocycles. The zero-order valence-electron chi connectivity index (χ0n) is 18.4. The van der Waals surface area contributed by atoms with Gasteiger partial charge in [0.05, 0.1) is 23.3 Å². The van der Waals surface area contributed by atoms with Crippen LogP contribution < -0.4 is 4.74 Å². The molecule has 7 heteroatoms. The first kappa shape index (κ1) is 22.9. The van der Waals surface area contributed by atoms with E-state index in [1.165, 1.54) is 12.1 Å². The second-order valence-electron chi connectivity index (χ2n) is 8.45. The maximum absolute atomic E-state index is 11.8. The number of unbranched alkanes of at least 4 members (excludes halogenated alkanes) is 1. The molecule has 0 spiro atoms. The maximum atomic E-state index is 11.8. The van der Waals surface area contributed by atoms with Crippen LogP contribution in [0.3, 0.4) is 0 Å². The molecule has 0 aliphatic carbocycles. The van der Waals surface area contributed by atoms with Gasteiger partial charge < -0.3 is 19.1 Å². The third-order valence-electron chi connectivity index (χ3n) is 4.75. The molecule has 0 bridgehead atoms. The van der Waals surface area contributed by atoms with Crippen LogP contribution in [0.2, 0.25) is 0 Å². The van der Waals surface area contributed by atoms with E-state index in [1.807, 2.05) is 43.5 Å². The minimum absolute atomic E-state index is 0.202. The number of rotatable bonds is 8. The molecule has 1 aromatic heterocycles. The molecule has 7 nitrogen and oxygen atoms in total. The van der Waals surface area contributed by atoms with Crippen LogP contribution in [-0.2, 0) is 9.53 Å². The molecule has 0 saturated heterocycles. The van der Waals surface area contributed by atoms with Gasteiger partial charge in [0, 0.05) is 23.7 Å². The molecule has 0 radical (unpaired) electrons. The molecule has 0 amide bonds. The zero-order chi connectivity index (χ0) is 23.3. The van der Waals surface area contributed by atoms with Gasteiger partial charge in [-0.3, -0.25) is 4.79 Å². The van der Waals surface area contributed by atoms with Gasteiger partial charge in [0.15, 0.2) is 0 Å². The van der Waals surface area contributed by atoms with Gasteiger partial charge in [-0.05, 0) is 76.1 Å². The normalized spacial score (nSPS) is 11.2. The number of benzene rings is 2. The largest absolute Gasteiger partial charge is 0.494 e. The number of carbonyl (C=O) groups excluding carboxylic acids is 1. The minimum atomic E-state index is -0.987. The first-order valence-electron chi connectivity index (χ1n) is 10.4. The highest BCUT2D eigenvalue weighted by Crippen LogP contribution is 2.28. The van der Waals surface area contributed by atoms with E-state index in [-0.39, 0.29) is 11.5 Å². The Balaban J connectivity index is 1.66. The van der Waals surface area contributed by atoms with Crippen molar-refractivity contribution < 1.29 is 24.2 Å². The molecule has 0 atom stereocenters. The second kappa shape index (κ2) is 9.56. The molecule has 0 aliphatic rings. The summed E-state index contributed by atoms with van der Waals surface area (Å²) in [5, 5.41) is 19.4. The lowest BCUT2D eigenvalue weighted by Gasteiger charge is -2.19. The van der Waals surface area contributed by atoms with Crippen molar-refractivity contribution in [2.75, 3.05) is 6.61 Å². The van der Waals surface area contributed by atoms with E-state index in [9.17, 15) is 14.9 Å². The molecular weight excluding hydrogens is 408 g/mol. The summed E-state index contributed by atoms with van der Waals surface area (Å²) >= 11 is 0. The maximum Gasteiger partial charge on any atom is 0.335 e. The molecular formula is C25H26N2O5. The third-order valence-corrected chi connectivity index (χ3v) is 4.75. The standard InChI is InChI=1S/C25H26N2O5/c1-25(2,3)32-23(28)6-4-5-13-31-20-11-12-22-21(14-20)18(15-26)16-27(22)19-9-7-17(8-10-19)24(29)30/h7-12,14,16H,4-6,13H2,1-3H3,(H,29,30). The Bertz CT molecular complexity index is 1160. The van der Waals surface area contributed by atoms with E-state index >= 15 is 0 Å². The number of esters is 1. The van der Waals surface area contributed by atoms with Gasteiger partial charge in [0.2, 0.25) is 0 Å². The molecule has 3 aromatic rings. The quantitative estimate of drug-likeness (QED) is 0.391. The Morgan fingerprint density at radius 1 is 1.09 bits per heavy atom. The van der Waals surface area contributed by atoms with Crippen molar-refractivity contribution in [3.63, 3.8) is 0 Å². The number of ether oxygens (including phenoxy) is 2. The highest BCUT2D eigenvalue weighted by atomic mass is 16.6. The van der Waals surface area contributed by atoms with E-state index in [4.69, 9.17) is 14.6 Å². The van der Waals surface area contributed by atoms with E-state index in [2.05, 4.69) is 6.07 Å². The van der Waals surface area contributed by atoms with Gasteiger partial charge in [-0.25, -0.2) is 4.79 Å². The summed E-state index contributed by atoms with van der Waals surface area (Å²) < 4.78 is 13.0. The number of nitriles is 1. The van der Waals surface area contributed by atoms with Gasteiger partial charge in [-0.2, -0.15) is 5.26 Å². The molecule has 1 heterocycles. The average Bonchev–Trinajstić information content (AvgIpc) is 3.10. The van der Waals surface area contributed by atoms with Crippen LogP contribution in [-0.4, -0.2) is 33.8 Å². The SMILES string of the molecule is CC(C)(C)OC(=O)CCCCOc1ccc2c(c1)c(C#N)cn2-c1ccc(C(=O)O)cc1. The molecule has 32 heavy (non-hydrogen) atoms. The van der Waals surface area contributed by atoms with E-state index in [0.717, 1.165) is 16.6 Å². The molecule has 3 rings (SSSR count). The van der Waals surface area contributed by atoms with Crippen molar-refractivity contribution in [3.8, 4) is 17.5 Å². The predicted octanol–water partition coefficient (Wildman–Crippen LogP) is 5.09. The smallest absolute Gasteiger partial charge is 0.335 e. The molecule has 0 aliphatic heterocycles. The topological polar surface area (TPSA) is 102 Å². The van der Waals surface area contributed by atoms with Gasteiger partial charge in [0.1, 0.15) is 17.4 Å². The monoisotopic (exact) mass is 434 g/mol. The third kappa shape index (κ3) is 5.67. The lowest BCUT2D eigenvalue weighted by molar-refractivity contribution is -0.154. The van der Waals surface area contributed by atoms with Crippen LogP contribution in [0.5, 0.6) is 5.75 Å². The number of carbonyl (C=O) groups is 2. The fourth-order valence-corrected chi connectivity index (χ4v) is 3.32. The van der Waals surface area contributed by atoms with Crippen molar-refractivity contribution in [3.05, 3.63) is 59.8 Å². The summed E-state index contributed by atoms with van der Waals surface area (Å²) in [6, 6.07) is 14.2. The summed E-state index contributed by atoms with van der Waals surface area (Å²) in [6.45, 7) is 5.99. The van der Waals surface area contributed by atoms with Crippen LogP contribution in [0.4, 0.5) is 0 Å². The number of fused-ring (bicyclic) bond motifs is 1. The Labute approximate surface area is 186 Å². The molecule has 0 unspecified atom stereocenters. The molecule has 166 valence electrons. The van der Waals surface area contributed by atoms with E-state index in [0.29, 0.717) is 37.2 Å². The van der Waals surface area contributed by atoms with E-state index < -0.39 is 11.6 Å². The fraction of sp³-hybridized carbons (Fsp3) is 0.320. The van der Waals surface area contributed by atoms with Crippen LogP contribution in [0.15, 0.2) is 48.7 Å². The van der Waals surface area contributed by atoms with Crippen molar-refractivity contribution >= 4 is 22.8 Å². The van der Waals surface area contributed by atoms with Gasteiger partial charge in [-0.1, -0.05) is 0 Å².